The van der Waals surface area contributed by atoms with E-state index in [9.17, 15) is 4.79 Å². The fourth-order valence-corrected chi connectivity index (χ4v) is 3.37. The number of unbranched alkanes of at least 4 members (excludes halogenated alkanes) is 1. The van der Waals surface area contributed by atoms with Crippen LogP contribution in [0.4, 0.5) is 0 Å². The molecular weight excluding hydrogens is 246 g/mol. The van der Waals surface area contributed by atoms with Gasteiger partial charge in [-0.1, -0.05) is 47.0 Å². The summed E-state index contributed by atoms with van der Waals surface area (Å²) in [4.78, 5) is 12.2. The van der Waals surface area contributed by atoms with Crippen LogP contribution in [0.15, 0.2) is 12.3 Å². The summed E-state index contributed by atoms with van der Waals surface area (Å²) < 4.78 is 2.36. The minimum Gasteiger partial charge on any atom is -0.350 e. The Morgan fingerprint density at radius 1 is 1.30 bits per heavy atom. The molecule has 0 saturated carbocycles. The number of carbonyl (C=O) groups excluding carboxylic acids is 1. The monoisotopic (exact) mass is 275 g/mol. The van der Waals surface area contributed by atoms with Gasteiger partial charge in [0.1, 0.15) is 0 Å². The van der Waals surface area contributed by atoms with Crippen LogP contribution in [0, 0.1) is 11.3 Å². The molecule has 0 saturated heterocycles. The molecule has 1 unspecified atom stereocenters. The topological polar surface area (TPSA) is 22.0 Å². The van der Waals surface area contributed by atoms with E-state index in [1.54, 1.807) is 0 Å². The number of Topliss-reactive ketones (excluding diaryl/α,β-unsaturated/α-hetero) is 1. The molecule has 2 nitrogen and oxygen atoms in total. The molecule has 0 aromatic carbocycles. The van der Waals surface area contributed by atoms with E-state index in [0.29, 0.717) is 12.2 Å². The van der Waals surface area contributed by atoms with Gasteiger partial charge in [-0.3, -0.25) is 4.79 Å². The quantitative estimate of drug-likeness (QED) is 0.726. The number of nitrogens with zero attached hydrogens (tertiary/aromatic N) is 1. The molecule has 0 N–H and O–H groups in total. The van der Waals surface area contributed by atoms with Gasteiger partial charge in [0, 0.05) is 30.4 Å². The van der Waals surface area contributed by atoms with Gasteiger partial charge in [-0.05, 0) is 30.2 Å². The van der Waals surface area contributed by atoms with Gasteiger partial charge in [-0.25, -0.2) is 0 Å². The van der Waals surface area contributed by atoms with Crippen molar-refractivity contribution in [1.82, 2.24) is 4.57 Å². The Balaban J connectivity index is 2.16. The molecule has 112 valence electrons. The number of carbonyl (C=O) groups is 1. The molecule has 1 aromatic rings. The van der Waals surface area contributed by atoms with Crippen molar-refractivity contribution < 1.29 is 4.79 Å². The van der Waals surface area contributed by atoms with Crippen molar-refractivity contribution in [3.8, 4) is 0 Å². The second-order valence-electron chi connectivity index (χ2n) is 7.19. The summed E-state index contributed by atoms with van der Waals surface area (Å²) >= 11 is 0. The van der Waals surface area contributed by atoms with E-state index in [1.165, 1.54) is 31.4 Å². The average Bonchev–Trinajstić information content (AvgIpc) is 2.76. The lowest BCUT2D eigenvalue weighted by Gasteiger charge is -2.30. The van der Waals surface area contributed by atoms with Gasteiger partial charge in [-0.2, -0.15) is 0 Å². The van der Waals surface area contributed by atoms with E-state index >= 15 is 0 Å². The van der Waals surface area contributed by atoms with E-state index in [0.717, 1.165) is 24.4 Å². The van der Waals surface area contributed by atoms with Crippen LogP contribution < -0.4 is 0 Å². The van der Waals surface area contributed by atoms with Gasteiger partial charge >= 0.3 is 0 Å². The van der Waals surface area contributed by atoms with E-state index < -0.39 is 0 Å². The highest BCUT2D eigenvalue weighted by molar-refractivity contribution is 5.98. The summed E-state index contributed by atoms with van der Waals surface area (Å²) in [6.07, 6.45) is 8.97. The first-order valence-electron chi connectivity index (χ1n) is 8.18. The van der Waals surface area contributed by atoms with E-state index in [2.05, 4.69) is 38.5 Å². The highest BCUT2D eigenvalue weighted by Gasteiger charge is 2.33. The molecule has 1 atom stereocenters. The molecule has 1 aliphatic rings. The Kier molecular flexibility index (Phi) is 4.72. The summed E-state index contributed by atoms with van der Waals surface area (Å²) in [7, 11) is 0. The zero-order valence-electron chi connectivity index (χ0n) is 13.5. The second kappa shape index (κ2) is 6.15. The molecule has 2 heteroatoms. The van der Waals surface area contributed by atoms with Crippen molar-refractivity contribution in [2.75, 3.05) is 0 Å². The first kappa shape index (κ1) is 15.3. The maximum atomic E-state index is 12.2. The maximum absolute atomic E-state index is 12.2. The lowest BCUT2D eigenvalue weighted by atomic mass is 9.76. The minimum absolute atomic E-state index is 0.116. The Labute approximate surface area is 123 Å². The fourth-order valence-electron chi connectivity index (χ4n) is 3.37. The molecule has 1 aliphatic carbocycles. The third kappa shape index (κ3) is 3.34. The van der Waals surface area contributed by atoms with E-state index in [-0.39, 0.29) is 5.41 Å². The van der Waals surface area contributed by atoms with E-state index in [4.69, 9.17) is 0 Å². The molecule has 0 fully saturated rings. The van der Waals surface area contributed by atoms with Crippen molar-refractivity contribution in [3.63, 3.8) is 0 Å². The Hall–Kier alpha value is -1.05. The van der Waals surface area contributed by atoms with Gasteiger partial charge in [0.15, 0.2) is 5.78 Å². The van der Waals surface area contributed by atoms with Gasteiger partial charge in [0.25, 0.3) is 0 Å². The van der Waals surface area contributed by atoms with Crippen LogP contribution in [0.25, 0.3) is 0 Å². The summed E-state index contributed by atoms with van der Waals surface area (Å²) in [5, 5.41) is 0. The van der Waals surface area contributed by atoms with Crippen LogP contribution >= 0.6 is 0 Å². The number of aromatic nitrogens is 1. The Bertz CT molecular complexity index is 470. The normalized spacial score (nSPS) is 18.9. The van der Waals surface area contributed by atoms with Gasteiger partial charge < -0.3 is 4.57 Å². The second-order valence-corrected chi connectivity index (χ2v) is 7.19. The van der Waals surface area contributed by atoms with Crippen LogP contribution in [0.2, 0.25) is 0 Å². The van der Waals surface area contributed by atoms with Crippen LogP contribution in [0.1, 0.15) is 75.9 Å². The van der Waals surface area contributed by atoms with Crippen LogP contribution in [-0.2, 0) is 13.0 Å². The van der Waals surface area contributed by atoms with Crippen molar-refractivity contribution in [3.05, 3.63) is 23.5 Å². The molecule has 0 aliphatic heterocycles. The standard InChI is InChI=1S/C18H29NO/c1-5-7-8-14(6-2)13-19-10-9-15-16(19)11-18(3,4)12-17(15)20/h9-10,14H,5-8,11-13H2,1-4H3. The highest BCUT2D eigenvalue weighted by atomic mass is 16.1. The van der Waals surface area contributed by atoms with E-state index in [1.807, 2.05) is 6.07 Å². The van der Waals surface area contributed by atoms with Gasteiger partial charge in [-0.15, -0.1) is 0 Å². The third-order valence-corrected chi connectivity index (χ3v) is 4.66. The molecule has 1 heterocycles. The maximum Gasteiger partial charge on any atom is 0.165 e. The van der Waals surface area contributed by atoms with Gasteiger partial charge in [0.2, 0.25) is 0 Å². The minimum atomic E-state index is 0.116. The van der Waals surface area contributed by atoms with Crippen LogP contribution in [0.3, 0.4) is 0 Å². The van der Waals surface area contributed by atoms with Crippen LogP contribution in [0.5, 0.6) is 0 Å². The lowest BCUT2D eigenvalue weighted by molar-refractivity contribution is 0.0909. The van der Waals surface area contributed by atoms with Crippen molar-refractivity contribution >= 4 is 5.78 Å². The molecule has 0 bridgehead atoms. The zero-order chi connectivity index (χ0) is 14.8. The highest BCUT2D eigenvalue weighted by Crippen LogP contribution is 2.35. The van der Waals surface area contributed by atoms with Crippen molar-refractivity contribution in [2.45, 2.75) is 72.8 Å². The molecule has 0 amide bonds. The Morgan fingerprint density at radius 3 is 2.70 bits per heavy atom. The van der Waals surface area contributed by atoms with Crippen molar-refractivity contribution in [1.29, 1.82) is 0 Å². The number of ketones is 1. The van der Waals surface area contributed by atoms with Gasteiger partial charge in [0.05, 0.1) is 0 Å². The SMILES string of the molecule is CCCCC(CC)Cn1ccc2c1CC(C)(C)CC2=O. The molecular formula is C18H29NO. The average molecular weight is 275 g/mol. The zero-order valence-corrected chi connectivity index (χ0v) is 13.5. The molecule has 2 rings (SSSR count). The van der Waals surface area contributed by atoms with Crippen LogP contribution in [-0.4, -0.2) is 10.4 Å². The lowest BCUT2D eigenvalue weighted by Crippen LogP contribution is -2.28. The predicted molar refractivity (Wildman–Crippen MR) is 84.2 cm³/mol. The predicted octanol–water partition coefficient (Wildman–Crippen LogP) is 4.86. The number of rotatable bonds is 6. The first-order chi connectivity index (χ1) is 9.46. The first-order valence-corrected chi connectivity index (χ1v) is 8.18. The smallest absolute Gasteiger partial charge is 0.165 e. The molecule has 0 spiro atoms. The number of fused-ring (bicyclic) bond motifs is 1. The third-order valence-electron chi connectivity index (χ3n) is 4.66. The molecule has 0 radical (unpaired) electrons. The molecule has 1 aromatic heterocycles. The summed E-state index contributed by atoms with van der Waals surface area (Å²) in [6.45, 7) is 10.0. The largest absolute Gasteiger partial charge is 0.350 e. The Morgan fingerprint density at radius 2 is 2.05 bits per heavy atom. The summed E-state index contributed by atoms with van der Waals surface area (Å²) in [6, 6.07) is 2.04. The van der Waals surface area contributed by atoms with Crippen molar-refractivity contribution in [2.24, 2.45) is 11.3 Å². The molecule has 20 heavy (non-hydrogen) atoms. The fraction of sp³-hybridized carbons (Fsp3) is 0.722. The number of hydrogen-bond donors (Lipinski definition) is 0. The summed E-state index contributed by atoms with van der Waals surface area (Å²) in [5.74, 6) is 1.07. The number of hydrogen-bond acceptors (Lipinski definition) is 1. The summed E-state index contributed by atoms with van der Waals surface area (Å²) in [5.41, 5.74) is 2.38.